The Labute approximate surface area is 178 Å². The second kappa shape index (κ2) is 8.14. The number of rotatable bonds is 6. The standard InChI is InChI=1S/C19H14F2N4O5S/c1-28-18(27)12-6-10(4-5-22-12)8-23-16-15(31-9-24-16)17(26)25-11-2-3-13-14(7-11)30-19(20,21)29-13/h2-7,9,23H,8H2,1H3,(H,25,26). The molecule has 1 aliphatic heterocycles. The molecule has 1 aromatic carbocycles. The molecule has 0 saturated heterocycles. The minimum Gasteiger partial charge on any atom is -0.464 e. The highest BCUT2D eigenvalue weighted by atomic mass is 32.1. The quantitative estimate of drug-likeness (QED) is 0.551. The molecule has 31 heavy (non-hydrogen) atoms. The Balaban J connectivity index is 1.43. The van der Waals surface area contributed by atoms with Crippen LogP contribution in [0.3, 0.4) is 0 Å². The lowest BCUT2D eigenvalue weighted by atomic mass is 10.2. The van der Waals surface area contributed by atoms with E-state index in [4.69, 9.17) is 0 Å². The summed E-state index contributed by atoms with van der Waals surface area (Å²) in [4.78, 5) is 32.6. The van der Waals surface area contributed by atoms with Crippen molar-refractivity contribution < 1.29 is 32.6 Å². The number of aromatic nitrogens is 2. The van der Waals surface area contributed by atoms with Crippen LogP contribution in [0.1, 0.15) is 25.7 Å². The van der Waals surface area contributed by atoms with E-state index in [9.17, 15) is 18.4 Å². The number of carbonyl (C=O) groups is 2. The summed E-state index contributed by atoms with van der Waals surface area (Å²) in [5.74, 6) is -1.01. The maximum atomic E-state index is 13.1. The summed E-state index contributed by atoms with van der Waals surface area (Å²) in [6, 6.07) is 7.20. The number of fused-ring (bicyclic) bond motifs is 1. The molecule has 0 fully saturated rings. The summed E-state index contributed by atoms with van der Waals surface area (Å²) < 4.78 is 39.7. The van der Waals surface area contributed by atoms with Gasteiger partial charge < -0.3 is 24.8 Å². The van der Waals surface area contributed by atoms with E-state index in [1.807, 2.05) is 0 Å². The molecule has 1 amide bonds. The monoisotopic (exact) mass is 448 g/mol. The van der Waals surface area contributed by atoms with Crippen molar-refractivity contribution in [1.82, 2.24) is 9.97 Å². The topological polar surface area (TPSA) is 112 Å². The minimum atomic E-state index is -3.74. The highest BCUT2D eigenvalue weighted by molar-refractivity contribution is 7.12. The molecule has 0 unspecified atom stereocenters. The van der Waals surface area contributed by atoms with E-state index in [2.05, 4.69) is 34.8 Å². The fourth-order valence-corrected chi connectivity index (χ4v) is 3.39. The van der Waals surface area contributed by atoms with Crippen molar-refractivity contribution in [2.45, 2.75) is 12.8 Å². The molecule has 12 heteroatoms. The Bertz CT molecular complexity index is 1150. The zero-order valence-electron chi connectivity index (χ0n) is 15.8. The van der Waals surface area contributed by atoms with Gasteiger partial charge >= 0.3 is 12.3 Å². The number of methoxy groups -OCH3 is 1. The summed E-state index contributed by atoms with van der Waals surface area (Å²) in [6.07, 6.45) is -2.26. The summed E-state index contributed by atoms with van der Waals surface area (Å²) in [6.45, 7) is 0.273. The van der Waals surface area contributed by atoms with Crippen LogP contribution in [0.4, 0.5) is 20.3 Å². The average molecular weight is 448 g/mol. The van der Waals surface area contributed by atoms with Crippen molar-refractivity contribution in [1.29, 1.82) is 0 Å². The fraction of sp³-hybridized carbons (Fsp3) is 0.158. The number of carbonyl (C=O) groups excluding carboxylic acids is 2. The number of halogens is 2. The van der Waals surface area contributed by atoms with Crippen molar-refractivity contribution in [3.05, 3.63) is 58.2 Å². The average Bonchev–Trinajstić information content (AvgIpc) is 3.34. The molecule has 3 aromatic rings. The lowest BCUT2D eigenvalue weighted by Crippen LogP contribution is -2.25. The van der Waals surface area contributed by atoms with Crippen molar-refractivity contribution in [2.75, 3.05) is 17.7 Å². The van der Waals surface area contributed by atoms with Gasteiger partial charge in [-0.2, -0.15) is 0 Å². The van der Waals surface area contributed by atoms with Crippen molar-refractivity contribution in [2.24, 2.45) is 0 Å². The van der Waals surface area contributed by atoms with Gasteiger partial charge in [-0.1, -0.05) is 0 Å². The number of ether oxygens (including phenoxy) is 3. The molecule has 0 aliphatic carbocycles. The lowest BCUT2D eigenvalue weighted by Gasteiger charge is -2.08. The van der Waals surface area contributed by atoms with Gasteiger partial charge in [0.15, 0.2) is 11.5 Å². The highest BCUT2D eigenvalue weighted by Gasteiger charge is 2.43. The van der Waals surface area contributed by atoms with Crippen molar-refractivity contribution in [3.8, 4) is 11.5 Å². The second-order valence-corrected chi connectivity index (χ2v) is 7.06. The predicted octanol–water partition coefficient (Wildman–Crippen LogP) is 3.51. The minimum absolute atomic E-state index is 0.119. The van der Waals surface area contributed by atoms with Crippen LogP contribution in [0.25, 0.3) is 0 Å². The Morgan fingerprint density at radius 2 is 1.97 bits per heavy atom. The molecule has 2 aromatic heterocycles. The Morgan fingerprint density at radius 3 is 2.77 bits per heavy atom. The van der Waals surface area contributed by atoms with Crippen LogP contribution in [0.5, 0.6) is 11.5 Å². The molecular formula is C19H14F2N4O5S. The second-order valence-electron chi connectivity index (χ2n) is 6.21. The van der Waals surface area contributed by atoms with Crippen molar-refractivity contribution >= 4 is 34.7 Å². The smallest absolute Gasteiger partial charge is 0.464 e. The summed E-state index contributed by atoms with van der Waals surface area (Å²) in [5.41, 5.74) is 2.63. The molecule has 2 N–H and O–H groups in total. The van der Waals surface area contributed by atoms with E-state index < -0.39 is 18.2 Å². The first-order valence-corrected chi connectivity index (χ1v) is 9.64. The molecule has 160 valence electrons. The number of benzene rings is 1. The van der Waals surface area contributed by atoms with Crippen LogP contribution in [-0.4, -0.2) is 35.2 Å². The first kappa shape index (κ1) is 20.5. The number of nitrogens with one attached hydrogen (secondary N) is 2. The van der Waals surface area contributed by atoms with Crippen LogP contribution in [-0.2, 0) is 11.3 Å². The van der Waals surface area contributed by atoms with Gasteiger partial charge in [0.2, 0.25) is 0 Å². The van der Waals surface area contributed by atoms with Crippen LogP contribution < -0.4 is 20.1 Å². The molecule has 3 heterocycles. The van der Waals surface area contributed by atoms with Gasteiger partial charge in [-0.25, -0.2) is 14.8 Å². The molecule has 0 atom stereocenters. The van der Waals surface area contributed by atoms with Crippen LogP contribution in [0, 0.1) is 0 Å². The van der Waals surface area contributed by atoms with Gasteiger partial charge in [-0.15, -0.1) is 20.1 Å². The summed E-state index contributed by atoms with van der Waals surface area (Å²) >= 11 is 1.10. The maximum Gasteiger partial charge on any atom is 0.586 e. The SMILES string of the molecule is COC(=O)c1cc(CNc2ncsc2C(=O)Nc2ccc3c(c2)OC(F)(F)O3)ccn1. The zero-order chi connectivity index (χ0) is 22.0. The van der Waals surface area contributed by atoms with E-state index in [-0.39, 0.29) is 34.3 Å². The molecular weight excluding hydrogens is 434 g/mol. The third-order valence-electron chi connectivity index (χ3n) is 4.11. The number of hydrogen-bond acceptors (Lipinski definition) is 9. The van der Waals surface area contributed by atoms with Crippen LogP contribution >= 0.6 is 11.3 Å². The number of hydrogen-bond donors (Lipinski definition) is 2. The Hall–Kier alpha value is -3.80. The first-order valence-electron chi connectivity index (χ1n) is 8.76. The number of alkyl halides is 2. The molecule has 4 rings (SSSR count). The van der Waals surface area contributed by atoms with E-state index >= 15 is 0 Å². The number of amides is 1. The predicted molar refractivity (Wildman–Crippen MR) is 106 cm³/mol. The number of pyridine rings is 1. The molecule has 0 spiro atoms. The fourth-order valence-electron chi connectivity index (χ4n) is 2.73. The third-order valence-corrected chi connectivity index (χ3v) is 4.94. The van der Waals surface area contributed by atoms with Gasteiger partial charge in [0.1, 0.15) is 16.4 Å². The Morgan fingerprint density at radius 1 is 1.16 bits per heavy atom. The molecule has 0 radical (unpaired) electrons. The maximum absolute atomic E-state index is 13.1. The van der Waals surface area contributed by atoms with Gasteiger partial charge in [-0.3, -0.25) is 4.79 Å². The number of nitrogens with zero attached hydrogens (tertiary/aromatic N) is 2. The zero-order valence-corrected chi connectivity index (χ0v) is 16.7. The van der Waals surface area contributed by atoms with Gasteiger partial charge in [-0.05, 0) is 29.8 Å². The third kappa shape index (κ3) is 4.53. The van der Waals surface area contributed by atoms with Gasteiger partial charge in [0.25, 0.3) is 5.91 Å². The lowest BCUT2D eigenvalue weighted by molar-refractivity contribution is -0.286. The van der Waals surface area contributed by atoms with Crippen LogP contribution in [0.15, 0.2) is 42.0 Å². The molecule has 1 aliphatic rings. The summed E-state index contributed by atoms with van der Waals surface area (Å²) in [7, 11) is 1.26. The molecule has 9 nitrogen and oxygen atoms in total. The highest BCUT2D eigenvalue weighted by Crippen LogP contribution is 2.42. The normalized spacial score (nSPS) is 13.5. The first-order chi connectivity index (χ1) is 14.8. The molecule has 0 saturated carbocycles. The number of anilines is 2. The summed E-state index contributed by atoms with van der Waals surface area (Å²) in [5, 5.41) is 5.64. The van der Waals surface area contributed by atoms with Crippen LogP contribution in [0.2, 0.25) is 0 Å². The van der Waals surface area contributed by atoms with E-state index in [1.165, 1.54) is 37.0 Å². The number of thiazole rings is 1. The number of esters is 1. The largest absolute Gasteiger partial charge is 0.586 e. The van der Waals surface area contributed by atoms with Gasteiger partial charge in [0.05, 0.1) is 12.6 Å². The molecule has 0 bridgehead atoms. The van der Waals surface area contributed by atoms with E-state index in [0.29, 0.717) is 5.82 Å². The van der Waals surface area contributed by atoms with Crippen molar-refractivity contribution in [3.63, 3.8) is 0 Å². The Kier molecular flexibility index (Phi) is 5.38. The van der Waals surface area contributed by atoms with Gasteiger partial charge in [0, 0.05) is 24.5 Å². The van der Waals surface area contributed by atoms with E-state index in [1.54, 1.807) is 12.1 Å². The van der Waals surface area contributed by atoms with E-state index in [0.717, 1.165) is 16.9 Å².